The summed E-state index contributed by atoms with van der Waals surface area (Å²) in [6.45, 7) is 0.362. The Kier molecular flexibility index (Phi) is 6.75. The molecular formula is C27H25F2N3O5. The lowest BCUT2D eigenvalue weighted by Crippen LogP contribution is -2.47. The molecule has 192 valence electrons. The molecule has 1 saturated heterocycles. The zero-order valence-corrected chi connectivity index (χ0v) is 19.8. The second-order valence-electron chi connectivity index (χ2n) is 9.18. The number of hydrogen-bond donors (Lipinski definition) is 2. The summed E-state index contributed by atoms with van der Waals surface area (Å²) in [5.74, 6) is -3.08. The highest BCUT2D eigenvalue weighted by Gasteiger charge is 2.40. The van der Waals surface area contributed by atoms with Crippen LogP contribution in [0.25, 0.3) is 0 Å². The summed E-state index contributed by atoms with van der Waals surface area (Å²) in [5.41, 5.74) is -0.324. The van der Waals surface area contributed by atoms with E-state index in [9.17, 15) is 28.3 Å². The molecule has 5 rings (SSSR count). The molecule has 37 heavy (non-hydrogen) atoms. The molecule has 0 aliphatic carbocycles. The molecule has 2 amide bonds. The molecule has 2 aliphatic heterocycles. The highest BCUT2D eigenvalue weighted by Crippen LogP contribution is 2.33. The van der Waals surface area contributed by atoms with E-state index in [1.807, 2.05) is 6.07 Å². The predicted molar refractivity (Wildman–Crippen MR) is 129 cm³/mol. The molecule has 2 atom stereocenters. The number of nitrogens with one attached hydrogen (secondary N) is 1. The van der Waals surface area contributed by atoms with E-state index in [4.69, 9.17) is 4.74 Å². The number of carbonyl (C=O) groups is 2. The van der Waals surface area contributed by atoms with Crippen molar-refractivity contribution in [2.24, 2.45) is 0 Å². The van der Waals surface area contributed by atoms with Crippen LogP contribution in [0.5, 0.6) is 5.75 Å². The van der Waals surface area contributed by atoms with E-state index >= 15 is 0 Å². The first-order chi connectivity index (χ1) is 17.8. The van der Waals surface area contributed by atoms with Crippen molar-refractivity contribution in [3.05, 3.63) is 99.0 Å². The molecule has 8 nitrogen and oxygen atoms in total. The quantitative estimate of drug-likeness (QED) is 0.532. The average molecular weight is 510 g/mol. The minimum Gasteiger partial charge on any atom is -0.483 e. The Labute approximate surface area is 211 Å². The third-order valence-corrected chi connectivity index (χ3v) is 6.74. The fraction of sp³-hybridized carbons (Fsp3) is 0.296. The molecule has 1 fully saturated rings. The minimum atomic E-state index is -0.832. The molecular weight excluding hydrogens is 484 g/mol. The van der Waals surface area contributed by atoms with Crippen LogP contribution in [0.2, 0.25) is 0 Å². The number of benzene rings is 2. The third-order valence-electron chi connectivity index (χ3n) is 6.74. The van der Waals surface area contributed by atoms with Gasteiger partial charge < -0.3 is 24.6 Å². The van der Waals surface area contributed by atoms with Crippen LogP contribution in [0, 0.1) is 11.6 Å². The van der Waals surface area contributed by atoms with Crippen LogP contribution in [0.4, 0.5) is 8.78 Å². The number of nitrogens with zero attached hydrogens (tertiary/aromatic N) is 2. The number of halogens is 2. The lowest BCUT2D eigenvalue weighted by molar-refractivity contribution is 0.0554. The summed E-state index contributed by atoms with van der Waals surface area (Å²) in [4.78, 5) is 41.5. The molecule has 0 saturated carbocycles. The van der Waals surface area contributed by atoms with E-state index in [1.165, 1.54) is 16.8 Å². The molecule has 1 aromatic heterocycles. The fourth-order valence-corrected chi connectivity index (χ4v) is 4.77. The van der Waals surface area contributed by atoms with Gasteiger partial charge in [0.1, 0.15) is 23.8 Å². The maximum atomic E-state index is 14.1. The van der Waals surface area contributed by atoms with Crippen molar-refractivity contribution in [1.82, 2.24) is 14.8 Å². The van der Waals surface area contributed by atoms with Crippen molar-refractivity contribution in [2.45, 2.75) is 38.1 Å². The first kappa shape index (κ1) is 24.6. The summed E-state index contributed by atoms with van der Waals surface area (Å²) in [6, 6.07) is 11.4. The lowest BCUT2D eigenvalue weighted by Gasteiger charge is -2.36. The van der Waals surface area contributed by atoms with Gasteiger partial charge in [-0.05, 0) is 24.5 Å². The number of pyridine rings is 1. The van der Waals surface area contributed by atoms with Crippen LogP contribution in [0.1, 0.15) is 50.9 Å². The number of carbonyl (C=O) groups excluding carboxylic acids is 2. The number of hydrogen-bond acceptors (Lipinski definition) is 5. The van der Waals surface area contributed by atoms with Gasteiger partial charge in [-0.2, -0.15) is 0 Å². The number of aliphatic hydroxyl groups is 1. The monoisotopic (exact) mass is 509 g/mol. The highest BCUT2D eigenvalue weighted by molar-refractivity contribution is 5.99. The average Bonchev–Trinajstić information content (AvgIpc) is 3.06. The Morgan fingerprint density at radius 2 is 1.92 bits per heavy atom. The minimum absolute atomic E-state index is 0.0146. The number of ether oxygens (including phenoxy) is 1. The van der Waals surface area contributed by atoms with Crippen LogP contribution in [0.15, 0.2) is 59.5 Å². The van der Waals surface area contributed by atoms with Gasteiger partial charge in [0.25, 0.3) is 11.8 Å². The molecule has 2 N–H and O–H groups in total. The van der Waals surface area contributed by atoms with Crippen LogP contribution in [-0.4, -0.2) is 45.6 Å². The van der Waals surface area contributed by atoms with Gasteiger partial charge in [0.2, 0.25) is 5.43 Å². The van der Waals surface area contributed by atoms with Crippen molar-refractivity contribution in [3.63, 3.8) is 0 Å². The largest absolute Gasteiger partial charge is 0.483 e. The van der Waals surface area contributed by atoms with Crippen LogP contribution >= 0.6 is 0 Å². The number of rotatable bonds is 6. The van der Waals surface area contributed by atoms with Crippen molar-refractivity contribution in [1.29, 1.82) is 0 Å². The summed E-state index contributed by atoms with van der Waals surface area (Å²) in [5, 5.41) is 13.3. The molecule has 3 aromatic rings. The Bertz CT molecular complexity index is 1410. The standard InChI is InChI=1S/C27H25F2N3O5/c28-18-9-8-17(20(29)11-18)12-30-26(35)19-13-32-21-14-31(10-4-7-22(21)33)27(36)23(32)25(24(19)34)37-15-16-5-2-1-3-6-16/h1-3,5-6,8-9,11,13,21-22,33H,4,7,10,12,14-15H2,(H,30,35)/t21-,22-/m0/s1. The van der Waals surface area contributed by atoms with E-state index in [0.717, 1.165) is 11.6 Å². The van der Waals surface area contributed by atoms with Gasteiger partial charge in [0, 0.05) is 37.5 Å². The molecule has 2 aliphatic rings. The fourth-order valence-electron chi connectivity index (χ4n) is 4.77. The summed E-state index contributed by atoms with van der Waals surface area (Å²) >= 11 is 0. The van der Waals surface area contributed by atoms with E-state index in [1.54, 1.807) is 29.2 Å². The second kappa shape index (κ2) is 10.1. The van der Waals surface area contributed by atoms with E-state index in [0.29, 0.717) is 25.5 Å². The predicted octanol–water partition coefficient (Wildman–Crippen LogP) is 2.79. The van der Waals surface area contributed by atoms with Gasteiger partial charge in [0.05, 0.1) is 12.1 Å². The molecule has 0 radical (unpaired) electrons. The topological polar surface area (TPSA) is 101 Å². The molecule has 0 unspecified atom stereocenters. The number of aromatic nitrogens is 1. The van der Waals surface area contributed by atoms with Crippen molar-refractivity contribution >= 4 is 11.8 Å². The van der Waals surface area contributed by atoms with Gasteiger partial charge in [-0.1, -0.05) is 36.4 Å². The van der Waals surface area contributed by atoms with E-state index in [2.05, 4.69) is 5.32 Å². The van der Waals surface area contributed by atoms with Gasteiger partial charge in [-0.25, -0.2) is 8.78 Å². The Hall–Kier alpha value is -4.05. The third kappa shape index (κ3) is 4.84. The number of fused-ring (bicyclic) bond motifs is 4. The smallest absolute Gasteiger partial charge is 0.274 e. The van der Waals surface area contributed by atoms with E-state index in [-0.39, 0.29) is 42.3 Å². The van der Waals surface area contributed by atoms with Gasteiger partial charge >= 0.3 is 0 Å². The first-order valence-electron chi connectivity index (χ1n) is 12.0. The van der Waals surface area contributed by atoms with Crippen molar-refractivity contribution in [2.75, 3.05) is 13.1 Å². The van der Waals surface area contributed by atoms with E-state index < -0.39 is 41.0 Å². The molecule has 2 bridgehead atoms. The summed E-state index contributed by atoms with van der Waals surface area (Å²) in [7, 11) is 0. The lowest BCUT2D eigenvalue weighted by atomic mass is 10.0. The summed E-state index contributed by atoms with van der Waals surface area (Å²) < 4.78 is 34.6. The maximum Gasteiger partial charge on any atom is 0.274 e. The summed E-state index contributed by atoms with van der Waals surface area (Å²) in [6.07, 6.45) is 1.51. The van der Waals surface area contributed by atoms with Crippen LogP contribution in [0.3, 0.4) is 0 Å². The SMILES string of the molecule is O=C(NCc1ccc(F)cc1F)c1cn2c(c(OCc3ccccc3)c1=O)C(=O)N1CCC[C@H](O)[C@@H]2C1. The Morgan fingerprint density at radius 1 is 1.14 bits per heavy atom. The van der Waals surface area contributed by atoms with Crippen LogP contribution < -0.4 is 15.5 Å². The molecule has 10 heteroatoms. The zero-order valence-electron chi connectivity index (χ0n) is 19.8. The maximum absolute atomic E-state index is 14.1. The van der Waals surface area contributed by atoms with Gasteiger partial charge in [-0.3, -0.25) is 14.4 Å². The van der Waals surface area contributed by atoms with Crippen LogP contribution in [-0.2, 0) is 13.2 Å². The van der Waals surface area contributed by atoms with Crippen molar-refractivity contribution < 1.29 is 28.2 Å². The molecule has 3 heterocycles. The highest BCUT2D eigenvalue weighted by atomic mass is 19.1. The Balaban J connectivity index is 1.54. The van der Waals surface area contributed by atoms with Gasteiger partial charge in [0.15, 0.2) is 11.4 Å². The second-order valence-corrected chi connectivity index (χ2v) is 9.18. The first-order valence-corrected chi connectivity index (χ1v) is 12.0. The molecule has 0 spiro atoms. The van der Waals surface area contributed by atoms with Gasteiger partial charge in [-0.15, -0.1) is 0 Å². The normalized spacial score (nSPS) is 18.7. The number of amides is 2. The molecule has 2 aromatic carbocycles. The number of aliphatic hydroxyl groups excluding tert-OH is 1. The zero-order chi connectivity index (χ0) is 26.1. The Morgan fingerprint density at radius 3 is 2.68 bits per heavy atom. The van der Waals surface area contributed by atoms with Crippen molar-refractivity contribution in [3.8, 4) is 5.75 Å².